The topological polar surface area (TPSA) is 83.5 Å². The highest BCUT2D eigenvalue weighted by Gasteiger charge is 2.19. The van der Waals surface area contributed by atoms with E-state index in [1.165, 1.54) is 16.7 Å². The van der Waals surface area contributed by atoms with E-state index in [1.807, 2.05) is 23.6 Å². The van der Waals surface area contributed by atoms with Crippen LogP contribution in [0.3, 0.4) is 0 Å². The second-order valence-electron chi connectivity index (χ2n) is 5.65. The van der Waals surface area contributed by atoms with Crippen molar-refractivity contribution in [3.63, 3.8) is 0 Å². The van der Waals surface area contributed by atoms with E-state index < -0.39 is 0 Å². The summed E-state index contributed by atoms with van der Waals surface area (Å²) in [5.74, 6) is -0.510. The molecule has 2 aromatic carbocycles. The van der Waals surface area contributed by atoms with E-state index in [-0.39, 0.29) is 18.2 Å². The number of amides is 2. The largest absolute Gasteiger partial charge is 0.297 e. The lowest BCUT2D eigenvalue weighted by atomic mass is 10.1. The molecule has 1 aliphatic heterocycles. The highest BCUT2D eigenvalue weighted by Crippen LogP contribution is 2.27. The van der Waals surface area contributed by atoms with Gasteiger partial charge in [-0.3, -0.25) is 14.9 Å². The maximum Gasteiger partial charge on any atom is 0.273 e. The monoisotopic (exact) mass is 350 g/mol. The van der Waals surface area contributed by atoms with Gasteiger partial charge in [0.25, 0.3) is 5.91 Å². The van der Waals surface area contributed by atoms with Crippen LogP contribution < -0.4 is 10.7 Å². The third kappa shape index (κ3) is 3.27. The summed E-state index contributed by atoms with van der Waals surface area (Å²) < 4.78 is 0. The van der Waals surface area contributed by atoms with Crippen molar-refractivity contribution < 1.29 is 9.59 Å². The van der Waals surface area contributed by atoms with Crippen molar-refractivity contribution in [3.05, 3.63) is 47.8 Å². The lowest BCUT2D eigenvalue weighted by molar-refractivity contribution is -0.121. The van der Waals surface area contributed by atoms with Crippen LogP contribution in [-0.4, -0.2) is 22.5 Å². The van der Waals surface area contributed by atoms with E-state index in [0.717, 1.165) is 16.6 Å². The van der Waals surface area contributed by atoms with Crippen LogP contribution in [0.5, 0.6) is 0 Å². The first-order valence-electron chi connectivity index (χ1n) is 7.80. The fourth-order valence-electron chi connectivity index (χ4n) is 2.62. The smallest absolute Gasteiger partial charge is 0.273 e. The summed E-state index contributed by atoms with van der Waals surface area (Å²) in [6, 6.07) is 14.3. The summed E-state index contributed by atoms with van der Waals surface area (Å²) >= 11 is 1.36. The Bertz CT molecular complexity index is 1010. The SMILES string of the molecule is O=C1CCC(C(=O)Nc2nc(-c3ccc4ccccc4c3)cs2)=NN1. The van der Waals surface area contributed by atoms with E-state index in [0.29, 0.717) is 17.3 Å². The summed E-state index contributed by atoms with van der Waals surface area (Å²) in [7, 11) is 0. The number of thiazole rings is 1. The van der Waals surface area contributed by atoms with Gasteiger partial charge in [0, 0.05) is 23.8 Å². The number of rotatable bonds is 3. The van der Waals surface area contributed by atoms with Crippen molar-refractivity contribution in [2.24, 2.45) is 5.10 Å². The fourth-order valence-corrected chi connectivity index (χ4v) is 3.33. The molecule has 0 fully saturated rings. The average molecular weight is 350 g/mol. The molecule has 0 spiro atoms. The summed E-state index contributed by atoms with van der Waals surface area (Å²) in [5.41, 5.74) is 4.43. The van der Waals surface area contributed by atoms with Crippen molar-refractivity contribution >= 4 is 44.8 Å². The van der Waals surface area contributed by atoms with Gasteiger partial charge in [0.2, 0.25) is 5.91 Å². The van der Waals surface area contributed by atoms with Gasteiger partial charge < -0.3 is 0 Å². The van der Waals surface area contributed by atoms with Crippen molar-refractivity contribution in [2.75, 3.05) is 5.32 Å². The quantitative estimate of drug-likeness (QED) is 0.761. The van der Waals surface area contributed by atoms with Crippen LogP contribution >= 0.6 is 11.3 Å². The zero-order valence-corrected chi connectivity index (χ0v) is 14.0. The zero-order chi connectivity index (χ0) is 17.2. The van der Waals surface area contributed by atoms with Gasteiger partial charge in [0.1, 0.15) is 5.71 Å². The number of aromatic nitrogens is 1. The molecule has 2 heterocycles. The average Bonchev–Trinajstić information content (AvgIpc) is 3.10. The number of fused-ring (bicyclic) bond motifs is 1. The van der Waals surface area contributed by atoms with Gasteiger partial charge in [0.05, 0.1) is 5.69 Å². The normalized spacial score (nSPS) is 14.1. The highest BCUT2D eigenvalue weighted by atomic mass is 32.1. The second kappa shape index (κ2) is 6.45. The Morgan fingerprint density at radius 2 is 1.96 bits per heavy atom. The first-order chi connectivity index (χ1) is 12.2. The van der Waals surface area contributed by atoms with E-state index in [9.17, 15) is 9.59 Å². The van der Waals surface area contributed by atoms with Crippen molar-refractivity contribution in [1.29, 1.82) is 0 Å². The number of nitrogens with one attached hydrogen (secondary N) is 2. The molecule has 0 bridgehead atoms. The summed E-state index contributed by atoms with van der Waals surface area (Å²) in [5, 5.41) is 11.3. The van der Waals surface area contributed by atoms with E-state index in [2.05, 4.69) is 45.1 Å². The number of anilines is 1. The Labute approximate surface area is 147 Å². The predicted molar refractivity (Wildman–Crippen MR) is 98.5 cm³/mol. The Balaban J connectivity index is 1.53. The van der Waals surface area contributed by atoms with Gasteiger partial charge in [-0.2, -0.15) is 5.10 Å². The molecule has 0 radical (unpaired) electrons. The Morgan fingerprint density at radius 1 is 1.12 bits per heavy atom. The third-order valence-corrected chi connectivity index (χ3v) is 4.69. The lowest BCUT2D eigenvalue weighted by Gasteiger charge is -2.10. The summed E-state index contributed by atoms with van der Waals surface area (Å²) in [6.07, 6.45) is 0.604. The number of benzene rings is 2. The minimum Gasteiger partial charge on any atom is -0.297 e. The maximum atomic E-state index is 12.2. The van der Waals surface area contributed by atoms with Gasteiger partial charge in [-0.05, 0) is 16.8 Å². The van der Waals surface area contributed by atoms with Crippen LogP contribution in [0.2, 0.25) is 0 Å². The molecule has 0 atom stereocenters. The van der Waals surface area contributed by atoms with E-state index in [1.54, 1.807) is 0 Å². The highest BCUT2D eigenvalue weighted by molar-refractivity contribution is 7.14. The van der Waals surface area contributed by atoms with Crippen LogP contribution in [0, 0.1) is 0 Å². The molecule has 6 nitrogen and oxygen atoms in total. The van der Waals surface area contributed by atoms with Crippen LogP contribution in [-0.2, 0) is 9.59 Å². The molecule has 4 rings (SSSR count). The number of hydrogen-bond acceptors (Lipinski definition) is 5. The van der Waals surface area contributed by atoms with Crippen molar-refractivity contribution in [3.8, 4) is 11.3 Å². The van der Waals surface area contributed by atoms with Crippen LogP contribution in [0.4, 0.5) is 5.13 Å². The minimum atomic E-state index is -0.334. The second-order valence-corrected chi connectivity index (χ2v) is 6.51. The number of nitrogens with zero attached hydrogens (tertiary/aromatic N) is 2. The van der Waals surface area contributed by atoms with E-state index >= 15 is 0 Å². The van der Waals surface area contributed by atoms with Gasteiger partial charge >= 0.3 is 0 Å². The predicted octanol–water partition coefficient (Wildman–Crippen LogP) is 3.17. The molecule has 1 aliphatic rings. The van der Waals surface area contributed by atoms with Gasteiger partial charge in [0.15, 0.2) is 5.13 Å². The molecule has 3 aromatic rings. The lowest BCUT2D eigenvalue weighted by Crippen LogP contribution is -2.32. The molecule has 2 N–H and O–H groups in total. The van der Waals surface area contributed by atoms with Crippen molar-refractivity contribution in [1.82, 2.24) is 10.4 Å². The molecule has 0 aliphatic carbocycles. The molecule has 2 amide bonds. The minimum absolute atomic E-state index is 0.176. The van der Waals surface area contributed by atoms with Gasteiger partial charge in [-0.1, -0.05) is 36.4 Å². The van der Waals surface area contributed by atoms with Crippen LogP contribution in [0.25, 0.3) is 22.0 Å². The molecule has 124 valence electrons. The molecule has 0 saturated heterocycles. The van der Waals surface area contributed by atoms with Gasteiger partial charge in [-0.15, -0.1) is 11.3 Å². The maximum absolute atomic E-state index is 12.2. The molecule has 25 heavy (non-hydrogen) atoms. The number of carbonyl (C=O) groups is 2. The van der Waals surface area contributed by atoms with Crippen LogP contribution in [0.15, 0.2) is 52.9 Å². The van der Waals surface area contributed by atoms with Crippen molar-refractivity contribution in [2.45, 2.75) is 12.8 Å². The number of hydrazone groups is 1. The first-order valence-corrected chi connectivity index (χ1v) is 8.68. The number of carbonyl (C=O) groups excluding carboxylic acids is 2. The zero-order valence-electron chi connectivity index (χ0n) is 13.2. The molecule has 7 heteroatoms. The Morgan fingerprint density at radius 3 is 2.76 bits per heavy atom. The molecule has 0 unspecified atom stereocenters. The Kier molecular flexibility index (Phi) is 3.99. The molecular weight excluding hydrogens is 336 g/mol. The fraction of sp³-hybridized carbons (Fsp3) is 0.111. The molecular formula is C18H14N4O2S. The van der Waals surface area contributed by atoms with Gasteiger partial charge in [-0.25, -0.2) is 10.4 Å². The Hall–Kier alpha value is -3.06. The first kappa shape index (κ1) is 15.5. The molecule has 1 aromatic heterocycles. The number of hydrogen-bond donors (Lipinski definition) is 2. The summed E-state index contributed by atoms with van der Waals surface area (Å²) in [4.78, 5) is 27.7. The standard InChI is InChI=1S/C18H14N4O2S/c23-16-8-7-14(21-22-16)17(24)20-18-19-15(10-25-18)13-6-5-11-3-1-2-4-12(11)9-13/h1-6,9-10H,7-8H2,(H,22,23)(H,19,20,24). The molecule has 0 saturated carbocycles. The third-order valence-electron chi connectivity index (χ3n) is 3.94. The summed E-state index contributed by atoms with van der Waals surface area (Å²) in [6.45, 7) is 0. The van der Waals surface area contributed by atoms with E-state index in [4.69, 9.17) is 0 Å². The van der Waals surface area contributed by atoms with Crippen LogP contribution in [0.1, 0.15) is 12.8 Å².